The molecule has 0 unspecified atom stereocenters. The van der Waals surface area contributed by atoms with Crippen molar-refractivity contribution in [3.8, 4) is 0 Å². The summed E-state index contributed by atoms with van der Waals surface area (Å²) >= 11 is 0. The first kappa shape index (κ1) is 28.3. The number of carbonyl (C=O) groups is 1. The zero-order valence-electron chi connectivity index (χ0n) is 23.2. The molecule has 0 atom stereocenters. The van der Waals surface area contributed by atoms with Crippen molar-refractivity contribution in [3.05, 3.63) is 95.7 Å². The zero-order valence-corrected chi connectivity index (χ0v) is 24.2. The van der Waals surface area contributed by atoms with Crippen LogP contribution < -0.4 is 9.80 Å². The Morgan fingerprint density at radius 2 is 1.82 bits per heavy atom. The summed E-state index contributed by atoms with van der Waals surface area (Å²) < 4.78 is 27.5. The minimum Gasteiger partial charge on any atom is -0.369 e. The smallest absolute Gasteiger partial charge is 0.261 e. The van der Waals surface area contributed by atoms with Crippen molar-refractivity contribution < 1.29 is 18.4 Å². The number of carbonyl (C=O) groups excluding carboxylic acids is 1. The summed E-state index contributed by atoms with van der Waals surface area (Å²) in [6.45, 7) is 10.7. The van der Waals surface area contributed by atoms with Crippen LogP contribution in [0.25, 0.3) is 0 Å². The topological polar surface area (TPSA) is 76.6 Å². The third kappa shape index (κ3) is 7.87. The van der Waals surface area contributed by atoms with Gasteiger partial charge in [0.1, 0.15) is 24.0 Å². The number of rotatable bonds is 12. The van der Waals surface area contributed by atoms with Gasteiger partial charge in [0.05, 0.1) is 30.7 Å². The molecule has 0 saturated carbocycles. The highest BCUT2D eigenvalue weighted by Crippen LogP contribution is 2.26. The molecule has 2 aromatic carbocycles. The molecule has 8 nitrogen and oxygen atoms in total. The van der Waals surface area contributed by atoms with E-state index in [1.807, 2.05) is 47.0 Å². The van der Waals surface area contributed by atoms with Gasteiger partial charge in [0, 0.05) is 45.4 Å². The third-order valence-corrected chi connectivity index (χ3v) is 7.96. The molecule has 2 aromatic heterocycles. The van der Waals surface area contributed by atoms with Gasteiger partial charge >= 0.3 is 0 Å². The second kappa shape index (κ2) is 12.4. The molecule has 0 aliphatic rings. The minimum atomic E-state index is -1.12. The summed E-state index contributed by atoms with van der Waals surface area (Å²) in [5.74, 6) is -0.392. The second-order valence-electron chi connectivity index (χ2n) is 10.9. The predicted molar refractivity (Wildman–Crippen MR) is 153 cm³/mol. The fourth-order valence-corrected chi connectivity index (χ4v) is 4.81. The lowest BCUT2D eigenvalue weighted by Crippen LogP contribution is -2.31. The monoisotopic (exact) mass is 549 g/mol. The first-order chi connectivity index (χ1) is 18.6. The maximum absolute atomic E-state index is 14.6. The Hall–Kier alpha value is -3.76. The summed E-state index contributed by atoms with van der Waals surface area (Å²) in [7, 11) is 0.844. The normalized spacial score (nSPS) is 11.5. The Bertz CT molecular complexity index is 1400. The largest absolute Gasteiger partial charge is 0.369 e. The van der Waals surface area contributed by atoms with Gasteiger partial charge in [-0.2, -0.15) is 0 Å². The van der Waals surface area contributed by atoms with Crippen molar-refractivity contribution in [2.75, 3.05) is 23.5 Å². The molecule has 0 N–H and O–H groups in total. The van der Waals surface area contributed by atoms with E-state index in [9.17, 15) is 9.18 Å². The predicted octanol–water partition coefficient (Wildman–Crippen LogP) is 6.11. The van der Waals surface area contributed by atoms with Crippen molar-refractivity contribution in [1.29, 1.82) is 0 Å². The standard InChI is InChI=1S/C29H36FN5O3Si/c1-22-15-23(32-38-22)19-35(29(36)27-11-6-7-12-28(27)30)26-10-8-9-25(16-26)33(2)17-24-18-34(20-31-24)21-37-13-14-39(3,4)5/h6-12,15-16,18,20H,13-14,17,19,21H2,1-5H3. The number of aromatic nitrogens is 3. The van der Waals surface area contributed by atoms with Gasteiger partial charge < -0.3 is 23.6 Å². The van der Waals surface area contributed by atoms with Crippen LogP contribution in [0.15, 0.2) is 71.6 Å². The summed E-state index contributed by atoms with van der Waals surface area (Å²) in [6.07, 6.45) is 3.76. The molecule has 2 heterocycles. The molecule has 0 bridgehead atoms. The molecule has 206 valence electrons. The van der Waals surface area contributed by atoms with E-state index in [0.717, 1.165) is 24.0 Å². The van der Waals surface area contributed by atoms with Crippen LogP contribution in [0, 0.1) is 12.7 Å². The molecule has 0 saturated heterocycles. The van der Waals surface area contributed by atoms with Crippen LogP contribution in [0.2, 0.25) is 25.7 Å². The van der Waals surface area contributed by atoms with Gasteiger partial charge in [0.15, 0.2) is 0 Å². The number of hydrogen-bond donors (Lipinski definition) is 0. The van der Waals surface area contributed by atoms with E-state index < -0.39 is 19.8 Å². The first-order valence-electron chi connectivity index (χ1n) is 13.0. The van der Waals surface area contributed by atoms with E-state index in [-0.39, 0.29) is 12.1 Å². The Morgan fingerprint density at radius 1 is 1.05 bits per heavy atom. The van der Waals surface area contributed by atoms with Crippen LogP contribution in [0.1, 0.15) is 27.5 Å². The summed E-state index contributed by atoms with van der Waals surface area (Å²) in [4.78, 5) is 21.6. The molecule has 0 aliphatic carbocycles. The van der Waals surface area contributed by atoms with Crippen LogP contribution in [-0.4, -0.2) is 42.3 Å². The lowest BCUT2D eigenvalue weighted by atomic mass is 10.1. The molecule has 0 fully saturated rings. The zero-order chi connectivity index (χ0) is 28.0. The van der Waals surface area contributed by atoms with Gasteiger partial charge in [-0.15, -0.1) is 0 Å². The van der Waals surface area contributed by atoms with Crippen molar-refractivity contribution in [2.45, 2.75) is 52.4 Å². The minimum absolute atomic E-state index is 0.00548. The van der Waals surface area contributed by atoms with E-state index in [4.69, 9.17) is 9.26 Å². The molecular weight excluding hydrogens is 513 g/mol. The number of benzene rings is 2. The molecule has 0 aliphatic heterocycles. The molecule has 1 amide bonds. The van der Waals surface area contributed by atoms with E-state index in [1.165, 1.54) is 17.0 Å². The van der Waals surface area contributed by atoms with E-state index in [1.54, 1.807) is 31.5 Å². The van der Waals surface area contributed by atoms with Crippen molar-refractivity contribution >= 4 is 25.4 Å². The number of amides is 1. The quantitative estimate of drug-likeness (QED) is 0.157. The number of halogens is 1. The molecule has 4 rings (SSSR count). The average Bonchev–Trinajstić information content (AvgIpc) is 3.52. The number of anilines is 2. The van der Waals surface area contributed by atoms with Crippen LogP contribution >= 0.6 is 0 Å². The highest BCUT2D eigenvalue weighted by Gasteiger charge is 2.23. The average molecular weight is 550 g/mol. The summed E-state index contributed by atoms with van der Waals surface area (Å²) in [6, 6.07) is 16.4. The molecule has 4 aromatic rings. The van der Waals surface area contributed by atoms with Gasteiger partial charge in [-0.25, -0.2) is 9.37 Å². The molecule has 39 heavy (non-hydrogen) atoms. The Labute approximate surface area is 230 Å². The number of aryl methyl sites for hydroxylation is 1. The van der Waals surface area contributed by atoms with Crippen LogP contribution in [-0.2, 0) is 24.6 Å². The maximum atomic E-state index is 14.6. The highest BCUT2D eigenvalue weighted by atomic mass is 28.3. The van der Waals surface area contributed by atoms with Crippen molar-refractivity contribution in [1.82, 2.24) is 14.7 Å². The van der Waals surface area contributed by atoms with Crippen LogP contribution in [0.5, 0.6) is 0 Å². The lowest BCUT2D eigenvalue weighted by molar-refractivity contribution is 0.0871. The van der Waals surface area contributed by atoms with Crippen LogP contribution in [0.3, 0.4) is 0 Å². The van der Waals surface area contributed by atoms with Crippen LogP contribution in [0.4, 0.5) is 15.8 Å². The van der Waals surface area contributed by atoms with E-state index in [0.29, 0.717) is 30.4 Å². The van der Waals surface area contributed by atoms with Gasteiger partial charge in [-0.3, -0.25) is 4.79 Å². The van der Waals surface area contributed by atoms with Gasteiger partial charge in [-0.1, -0.05) is 43.0 Å². The Morgan fingerprint density at radius 3 is 2.54 bits per heavy atom. The first-order valence-corrected chi connectivity index (χ1v) is 16.7. The number of ether oxygens (including phenoxy) is 1. The number of nitrogens with zero attached hydrogens (tertiary/aromatic N) is 5. The Kier molecular flexibility index (Phi) is 8.98. The van der Waals surface area contributed by atoms with Gasteiger partial charge in [0.2, 0.25) is 0 Å². The number of imidazole rings is 1. The Balaban J connectivity index is 1.49. The SMILES string of the molecule is Cc1cc(CN(C(=O)c2ccccc2F)c2cccc(N(C)Cc3cn(COCC[Si](C)(C)C)cn3)c2)no1. The summed E-state index contributed by atoms with van der Waals surface area (Å²) in [5.41, 5.74) is 2.97. The molecule has 0 spiro atoms. The second-order valence-corrected chi connectivity index (χ2v) is 16.5. The fourth-order valence-electron chi connectivity index (χ4n) is 4.05. The van der Waals surface area contributed by atoms with Crippen molar-refractivity contribution in [2.24, 2.45) is 0 Å². The van der Waals surface area contributed by atoms with Gasteiger partial charge in [0.25, 0.3) is 5.91 Å². The molecule has 0 radical (unpaired) electrons. The maximum Gasteiger partial charge on any atom is 0.261 e. The molecular formula is C29H36FN5O3Si. The number of hydrogen-bond acceptors (Lipinski definition) is 6. The highest BCUT2D eigenvalue weighted by molar-refractivity contribution is 6.76. The third-order valence-electron chi connectivity index (χ3n) is 6.25. The van der Waals surface area contributed by atoms with Crippen molar-refractivity contribution in [3.63, 3.8) is 0 Å². The van der Waals surface area contributed by atoms with Gasteiger partial charge in [-0.05, 0) is 43.3 Å². The fraction of sp³-hybridized carbons (Fsp3) is 0.345. The summed E-state index contributed by atoms with van der Waals surface area (Å²) in [5, 5.41) is 4.04. The van der Waals surface area contributed by atoms with E-state index in [2.05, 4.69) is 29.8 Å². The molecule has 10 heteroatoms. The van der Waals surface area contributed by atoms with E-state index >= 15 is 0 Å². The lowest BCUT2D eigenvalue weighted by Gasteiger charge is -2.25.